The lowest BCUT2D eigenvalue weighted by molar-refractivity contribution is 0.300. The van der Waals surface area contributed by atoms with Crippen LogP contribution < -0.4 is 10.1 Å². The molecule has 134 valence electrons. The number of unbranched alkanes of at least 4 members (excludes halogenated alkanes) is 1. The summed E-state index contributed by atoms with van der Waals surface area (Å²) in [7, 11) is 0. The van der Waals surface area contributed by atoms with E-state index in [4.69, 9.17) is 4.74 Å². The van der Waals surface area contributed by atoms with E-state index < -0.39 is 0 Å². The van der Waals surface area contributed by atoms with Crippen LogP contribution in [0.2, 0.25) is 0 Å². The molecule has 1 aliphatic heterocycles. The molecule has 4 heteroatoms. The van der Waals surface area contributed by atoms with E-state index in [0.717, 1.165) is 35.2 Å². The van der Waals surface area contributed by atoms with E-state index in [1.165, 1.54) is 45.2 Å². The van der Waals surface area contributed by atoms with E-state index in [1.807, 2.05) is 31.3 Å². The Morgan fingerprint density at radius 1 is 1.12 bits per heavy atom. The van der Waals surface area contributed by atoms with Gasteiger partial charge in [0.15, 0.2) is 5.75 Å². The topological polar surface area (TPSA) is 47.0 Å². The first-order valence-electron chi connectivity index (χ1n) is 9.51. The minimum absolute atomic E-state index is 0.556. The standard InChI is InChI=1S/C21H29N3O/c1-17-20(25-16-19-8-3-2-4-9-19)15-23-21(24-17)10-6-5-7-18-11-13-22-14-12-18/h2-4,8-9,15,18,22H,5-7,10-14,16H2,1H3. The van der Waals surface area contributed by atoms with Gasteiger partial charge >= 0.3 is 0 Å². The van der Waals surface area contributed by atoms with Gasteiger partial charge < -0.3 is 10.1 Å². The van der Waals surface area contributed by atoms with Crippen LogP contribution in [0.3, 0.4) is 0 Å². The molecule has 0 radical (unpaired) electrons. The third-order valence-electron chi connectivity index (χ3n) is 4.94. The molecule has 4 nitrogen and oxygen atoms in total. The van der Waals surface area contributed by atoms with Crippen molar-refractivity contribution in [2.75, 3.05) is 13.1 Å². The first-order valence-corrected chi connectivity index (χ1v) is 9.51. The summed E-state index contributed by atoms with van der Waals surface area (Å²) in [6.07, 6.45) is 9.26. The molecule has 0 saturated carbocycles. The molecule has 0 aliphatic carbocycles. The number of aromatic nitrogens is 2. The van der Waals surface area contributed by atoms with Crippen LogP contribution in [-0.4, -0.2) is 23.1 Å². The molecule has 0 spiro atoms. The second-order valence-electron chi connectivity index (χ2n) is 6.95. The lowest BCUT2D eigenvalue weighted by Crippen LogP contribution is -2.27. The molecule has 2 heterocycles. The summed E-state index contributed by atoms with van der Waals surface area (Å²) in [4.78, 5) is 9.11. The van der Waals surface area contributed by atoms with Crippen LogP contribution in [0.25, 0.3) is 0 Å². The largest absolute Gasteiger partial charge is 0.485 e. The predicted octanol–water partition coefficient (Wildman–Crippen LogP) is 4.08. The third kappa shape index (κ3) is 5.82. The number of aryl methyl sites for hydroxylation is 2. The highest BCUT2D eigenvalue weighted by Crippen LogP contribution is 2.20. The zero-order valence-corrected chi connectivity index (χ0v) is 15.2. The highest BCUT2D eigenvalue weighted by molar-refractivity contribution is 5.24. The molecule has 1 N–H and O–H groups in total. The molecule has 1 aromatic heterocycles. The Balaban J connectivity index is 1.41. The van der Waals surface area contributed by atoms with Crippen LogP contribution >= 0.6 is 0 Å². The number of nitrogens with zero attached hydrogens (tertiary/aromatic N) is 2. The highest BCUT2D eigenvalue weighted by Gasteiger charge is 2.12. The summed E-state index contributed by atoms with van der Waals surface area (Å²) in [5.41, 5.74) is 2.09. The molecule has 1 saturated heterocycles. The van der Waals surface area contributed by atoms with Crippen molar-refractivity contribution in [1.82, 2.24) is 15.3 Å². The summed E-state index contributed by atoms with van der Waals surface area (Å²) < 4.78 is 5.85. The normalized spacial score (nSPS) is 15.2. The molecule has 1 aromatic carbocycles. The molecular formula is C21H29N3O. The zero-order chi connectivity index (χ0) is 17.3. The molecule has 3 rings (SSSR count). The van der Waals surface area contributed by atoms with Crippen LogP contribution in [0.4, 0.5) is 0 Å². The van der Waals surface area contributed by atoms with Gasteiger partial charge in [-0.25, -0.2) is 9.97 Å². The Labute approximate surface area is 151 Å². The maximum Gasteiger partial charge on any atom is 0.159 e. The van der Waals surface area contributed by atoms with Gasteiger partial charge in [-0.3, -0.25) is 0 Å². The zero-order valence-electron chi connectivity index (χ0n) is 15.2. The van der Waals surface area contributed by atoms with Crippen LogP contribution in [0, 0.1) is 12.8 Å². The minimum atomic E-state index is 0.556. The Bertz CT molecular complexity index is 639. The lowest BCUT2D eigenvalue weighted by atomic mass is 9.92. The molecule has 0 bridgehead atoms. The quantitative estimate of drug-likeness (QED) is 0.736. The molecular weight excluding hydrogens is 310 g/mol. The average molecular weight is 339 g/mol. The number of hydrogen-bond donors (Lipinski definition) is 1. The number of rotatable bonds is 8. The van der Waals surface area contributed by atoms with Gasteiger partial charge in [0.2, 0.25) is 0 Å². The van der Waals surface area contributed by atoms with Crippen LogP contribution in [0.15, 0.2) is 36.5 Å². The van der Waals surface area contributed by atoms with Crippen molar-refractivity contribution in [3.8, 4) is 5.75 Å². The van der Waals surface area contributed by atoms with Gasteiger partial charge in [-0.05, 0) is 50.8 Å². The van der Waals surface area contributed by atoms with Gasteiger partial charge in [-0.1, -0.05) is 43.2 Å². The Kier molecular flexibility index (Phi) is 6.80. The summed E-state index contributed by atoms with van der Waals surface area (Å²) in [6.45, 7) is 4.94. The second kappa shape index (κ2) is 9.52. The van der Waals surface area contributed by atoms with Crippen molar-refractivity contribution in [3.63, 3.8) is 0 Å². The first-order chi connectivity index (χ1) is 12.3. The van der Waals surface area contributed by atoms with Gasteiger partial charge in [0, 0.05) is 6.42 Å². The maximum absolute atomic E-state index is 5.85. The van der Waals surface area contributed by atoms with E-state index in [2.05, 4.69) is 27.4 Å². The van der Waals surface area contributed by atoms with E-state index in [-0.39, 0.29) is 0 Å². The van der Waals surface area contributed by atoms with Crippen LogP contribution in [-0.2, 0) is 13.0 Å². The van der Waals surface area contributed by atoms with Gasteiger partial charge in [-0.2, -0.15) is 0 Å². The highest BCUT2D eigenvalue weighted by atomic mass is 16.5. The van der Waals surface area contributed by atoms with Gasteiger partial charge in [-0.15, -0.1) is 0 Å². The van der Waals surface area contributed by atoms with Crippen molar-refractivity contribution in [2.24, 2.45) is 5.92 Å². The Morgan fingerprint density at radius 3 is 2.68 bits per heavy atom. The second-order valence-corrected chi connectivity index (χ2v) is 6.95. The van der Waals surface area contributed by atoms with Gasteiger partial charge in [0.05, 0.1) is 11.9 Å². The monoisotopic (exact) mass is 339 g/mol. The van der Waals surface area contributed by atoms with Crippen molar-refractivity contribution in [2.45, 2.75) is 52.1 Å². The molecule has 1 fully saturated rings. The Hall–Kier alpha value is -1.94. The summed E-state index contributed by atoms with van der Waals surface area (Å²) in [5.74, 6) is 2.63. The number of nitrogens with one attached hydrogen (secondary N) is 1. The average Bonchev–Trinajstić information content (AvgIpc) is 2.66. The minimum Gasteiger partial charge on any atom is -0.485 e. The van der Waals surface area contributed by atoms with Crippen molar-refractivity contribution < 1.29 is 4.74 Å². The SMILES string of the molecule is Cc1nc(CCCCC2CCNCC2)ncc1OCc1ccccc1. The van der Waals surface area contributed by atoms with Gasteiger partial charge in [0.25, 0.3) is 0 Å². The molecule has 0 atom stereocenters. The Morgan fingerprint density at radius 2 is 1.92 bits per heavy atom. The van der Waals surface area contributed by atoms with E-state index in [0.29, 0.717) is 6.61 Å². The fourth-order valence-electron chi connectivity index (χ4n) is 3.39. The van der Waals surface area contributed by atoms with Gasteiger partial charge in [0.1, 0.15) is 12.4 Å². The molecule has 1 aliphatic rings. The summed E-state index contributed by atoms with van der Waals surface area (Å²) >= 11 is 0. The lowest BCUT2D eigenvalue weighted by Gasteiger charge is -2.22. The van der Waals surface area contributed by atoms with Crippen LogP contribution in [0.1, 0.15) is 49.2 Å². The van der Waals surface area contributed by atoms with Crippen LogP contribution in [0.5, 0.6) is 5.75 Å². The molecule has 25 heavy (non-hydrogen) atoms. The van der Waals surface area contributed by atoms with E-state index >= 15 is 0 Å². The number of piperidine rings is 1. The van der Waals surface area contributed by atoms with Crippen molar-refractivity contribution in [3.05, 3.63) is 53.6 Å². The van der Waals surface area contributed by atoms with Crippen molar-refractivity contribution in [1.29, 1.82) is 0 Å². The summed E-state index contributed by atoms with van der Waals surface area (Å²) in [5, 5.41) is 3.43. The fraction of sp³-hybridized carbons (Fsp3) is 0.524. The number of hydrogen-bond acceptors (Lipinski definition) is 4. The number of ether oxygens (including phenoxy) is 1. The fourth-order valence-corrected chi connectivity index (χ4v) is 3.39. The van der Waals surface area contributed by atoms with E-state index in [9.17, 15) is 0 Å². The predicted molar refractivity (Wildman–Crippen MR) is 101 cm³/mol. The first kappa shape index (κ1) is 17.9. The molecule has 0 unspecified atom stereocenters. The molecule has 0 amide bonds. The maximum atomic E-state index is 5.85. The number of benzene rings is 1. The third-order valence-corrected chi connectivity index (χ3v) is 4.94. The van der Waals surface area contributed by atoms with E-state index in [1.54, 1.807) is 0 Å². The smallest absolute Gasteiger partial charge is 0.159 e. The molecule has 2 aromatic rings. The summed E-state index contributed by atoms with van der Waals surface area (Å²) in [6, 6.07) is 10.2. The van der Waals surface area contributed by atoms with Crippen molar-refractivity contribution >= 4 is 0 Å².